The summed E-state index contributed by atoms with van der Waals surface area (Å²) >= 11 is 0. The molecule has 1 aliphatic heterocycles. The molecule has 124 valence electrons. The first kappa shape index (κ1) is 15.8. The monoisotopic (exact) mass is 316 g/mol. The lowest BCUT2D eigenvalue weighted by molar-refractivity contribution is -0.143. The first-order valence-corrected chi connectivity index (χ1v) is 8.17. The average Bonchev–Trinajstić information content (AvgIpc) is 2.86. The molecular formula is C17H24N4O2. The van der Waals surface area contributed by atoms with Crippen LogP contribution in [0.1, 0.15) is 44.0 Å². The lowest BCUT2D eigenvalue weighted by atomic mass is 9.98. The maximum atomic E-state index is 11.3. The summed E-state index contributed by atoms with van der Waals surface area (Å²) in [7, 11) is 0. The molecule has 6 nitrogen and oxygen atoms in total. The van der Waals surface area contributed by atoms with Crippen molar-refractivity contribution in [3.05, 3.63) is 29.7 Å². The van der Waals surface area contributed by atoms with Crippen molar-refractivity contribution in [3.8, 4) is 0 Å². The van der Waals surface area contributed by atoms with Crippen LogP contribution in [0.15, 0.2) is 18.3 Å². The summed E-state index contributed by atoms with van der Waals surface area (Å²) in [5, 5.41) is 9.27. The number of carboxylic acids is 1. The van der Waals surface area contributed by atoms with Gasteiger partial charge in [-0.25, -0.2) is 4.98 Å². The SMILES string of the molecule is CC(C)c1nc2ccc(N)cn2c1CN1CCCC(C(=O)O)C1. The minimum atomic E-state index is -0.693. The third-order valence-electron chi connectivity index (χ3n) is 4.55. The summed E-state index contributed by atoms with van der Waals surface area (Å²) in [5.41, 5.74) is 9.71. The molecule has 0 spiro atoms. The highest BCUT2D eigenvalue weighted by Crippen LogP contribution is 2.25. The van der Waals surface area contributed by atoms with E-state index in [1.165, 1.54) is 0 Å². The zero-order valence-corrected chi connectivity index (χ0v) is 13.7. The summed E-state index contributed by atoms with van der Waals surface area (Å²) in [6.07, 6.45) is 3.60. The number of nitrogens with two attached hydrogens (primary N) is 1. The molecule has 2 aromatic rings. The van der Waals surface area contributed by atoms with E-state index in [9.17, 15) is 9.90 Å². The fourth-order valence-electron chi connectivity index (χ4n) is 3.36. The van der Waals surface area contributed by atoms with Crippen LogP contribution in [0.3, 0.4) is 0 Å². The molecule has 0 aliphatic carbocycles. The van der Waals surface area contributed by atoms with Crippen molar-refractivity contribution in [2.24, 2.45) is 5.92 Å². The van der Waals surface area contributed by atoms with E-state index < -0.39 is 5.97 Å². The summed E-state index contributed by atoms with van der Waals surface area (Å²) in [6.45, 7) is 6.50. The number of pyridine rings is 1. The molecule has 1 saturated heterocycles. The smallest absolute Gasteiger partial charge is 0.307 e. The Bertz CT molecular complexity index is 723. The van der Waals surface area contributed by atoms with Gasteiger partial charge in [-0.05, 0) is 37.4 Å². The number of aliphatic carboxylic acids is 1. The molecule has 6 heteroatoms. The first-order chi connectivity index (χ1) is 11.0. The summed E-state index contributed by atoms with van der Waals surface area (Å²) in [4.78, 5) is 18.2. The molecule has 3 N–H and O–H groups in total. The Morgan fingerprint density at radius 2 is 2.26 bits per heavy atom. The van der Waals surface area contributed by atoms with Gasteiger partial charge in [-0.2, -0.15) is 0 Å². The molecule has 1 atom stereocenters. The normalized spacial score (nSPS) is 19.5. The Balaban J connectivity index is 1.93. The second-order valence-corrected chi connectivity index (χ2v) is 6.70. The van der Waals surface area contributed by atoms with Crippen molar-refractivity contribution in [2.75, 3.05) is 18.8 Å². The van der Waals surface area contributed by atoms with Gasteiger partial charge in [0.05, 0.1) is 17.3 Å². The fraction of sp³-hybridized carbons (Fsp3) is 0.529. The van der Waals surface area contributed by atoms with Crippen LogP contribution in [-0.2, 0) is 11.3 Å². The molecule has 23 heavy (non-hydrogen) atoms. The minimum Gasteiger partial charge on any atom is -0.481 e. The molecule has 0 radical (unpaired) electrons. The Hall–Kier alpha value is -2.08. The van der Waals surface area contributed by atoms with E-state index in [1.54, 1.807) is 0 Å². The zero-order chi connectivity index (χ0) is 16.6. The third-order valence-corrected chi connectivity index (χ3v) is 4.55. The molecule has 0 amide bonds. The standard InChI is InChI=1S/C17H24N4O2/c1-11(2)16-14(21-9-13(18)5-6-15(21)19-16)10-20-7-3-4-12(8-20)17(22)23/h5-6,9,11-12H,3-4,7-8,10,18H2,1-2H3,(H,22,23). The fourth-order valence-corrected chi connectivity index (χ4v) is 3.36. The van der Waals surface area contributed by atoms with Crippen LogP contribution in [0.5, 0.6) is 0 Å². The van der Waals surface area contributed by atoms with Gasteiger partial charge in [-0.15, -0.1) is 0 Å². The zero-order valence-electron chi connectivity index (χ0n) is 13.7. The van der Waals surface area contributed by atoms with Crippen molar-refractivity contribution in [1.29, 1.82) is 0 Å². The largest absolute Gasteiger partial charge is 0.481 e. The number of piperidine rings is 1. The summed E-state index contributed by atoms with van der Waals surface area (Å²) < 4.78 is 2.05. The van der Waals surface area contributed by atoms with Crippen LogP contribution in [-0.4, -0.2) is 38.4 Å². The summed E-state index contributed by atoms with van der Waals surface area (Å²) in [6, 6.07) is 3.79. The predicted octanol–water partition coefficient (Wildman–Crippen LogP) is 2.34. The van der Waals surface area contributed by atoms with E-state index in [4.69, 9.17) is 10.7 Å². The van der Waals surface area contributed by atoms with Crippen LogP contribution < -0.4 is 5.73 Å². The highest BCUT2D eigenvalue weighted by molar-refractivity contribution is 5.70. The van der Waals surface area contributed by atoms with E-state index >= 15 is 0 Å². The van der Waals surface area contributed by atoms with E-state index in [2.05, 4.69) is 23.1 Å². The lowest BCUT2D eigenvalue weighted by Crippen LogP contribution is -2.38. The second-order valence-electron chi connectivity index (χ2n) is 6.70. The molecule has 0 bridgehead atoms. The van der Waals surface area contributed by atoms with Gasteiger partial charge >= 0.3 is 5.97 Å². The van der Waals surface area contributed by atoms with Gasteiger partial charge in [0.2, 0.25) is 0 Å². The summed E-state index contributed by atoms with van der Waals surface area (Å²) in [5.74, 6) is -0.650. The van der Waals surface area contributed by atoms with E-state index in [0.29, 0.717) is 24.7 Å². The van der Waals surface area contributed by atoms with E-state index in [0.717, 1.165) is 36.4 Å². The Kier molecular flexibility index (Phi) is 4.26. The number of carboxylic acid groups (broad SMARTS) is 1. The van der Waals surface area contributed by atoms with E-state index in [1.807, 2.05) is 18.3 Å². The van der Waals surface area contributed by atoms with E-state index in [-0.39, 0.29) is 5.92 Å². The average molecular weight is 316 g/mol. The predicted molar refractivity (Wildman–Crippen MR) is 89.3 cm³/mol. The van der Waals surface area contributed by atoms with Gasteiger partial charge < -0.3 is 15.2 Å². The molecule has 3 rings (SSSR count). The van der Waals surface area contributed by atoms with Crippen molar-refractivity contribution in [1.82, 2.24) is 14.3 Å². The van der Waals surface area contributed by atoms with Gasteiger partial charge in [-0.3, -0.25) is 9.69 Å². The van der Waals surface area contributed by atoms with Gasteiger partial charge in [-0.1, -0.05) is 13.8 Å². The number of fused-ring (bicyclic) bond motifs is 1. The highest BCUT2D eigenvalue weighted by Gasteiger charge is 2.27. The Labute approximate surface area is 135 Å². The number of nitrogen functional groups attached to an aromatic ring is 1. The third kappa shape index (κ3) is 3.17. The molecule has 0 saturated carbocycles. The topological polar surface area (TPSA) is 83.9 Å². The molecule has 0 aromatic carbocycles. The van der Waals surface area contributed by atoms with Gasteiger partial charge in [0.15, 0.2) is 0 Å². The Morgan fingerprint density at radius 3 is 2.96 bits per heavy atom. The number of anilines is 1. The van der Waals surface area contributed by atoms with Crippen LogP contribution in [0.2, 0.25) is 0 Å². The highest BCUT2D eigenvalue weighted by atomic mass is 16.4. The van der Waals surface area contributed by atoms with Crippen molar-refractivity contribution in [3.63, 3.8) is 0 Å². The number of hydrogen-bond acceptors (Lipinski definition) is 4. The maximum absolute atomic E-state index is 11.3. The van der Waals surface area contributed by atoms with Crippen molar-refractivity contribution >= 4 is 17.3 Å². The number of aromatic nitrogens is 2. The quantitative estimate of drug-likeness (QED) is 0.904. The van der Waals surface area contributed by atoms with Gasteiger partial charge in [0.25, 0.3) is 0 Å². The number of rotatable bonds is 4. The van der Waals surface area contributed by atoms with Crippen LogP contribution in [0.25, 0.3) is 5.65 Å². The minimum absolute atomic E-state index is 0.268. The molecule has 3 heterocycles. The number of carbonyl (C=O) groups is 1. The van der Waals surface area contributed by atoms with Crippen LogP contribution in [0, 0.1) is 5.92 Å². The Morgan fingerprint density at radius 1 is 1.48 bits per heavy atom. The van der Waals surface area contributed by atoms with Crippen LogP contribution >= 0.6 is 0 Å². The molecule has 1 unspecified atom stereocenters. The molecular weight excluding hydrogens is 292 g/mol. The number of nitrogens with zero attached hydrogens (tertiary/aromatic N) is 3. The maximum Gasteiger partial charge on any atom is 0.307 e. The second kappa shape index (κ2) is 6.20. The molecule has 1 aliphatic rings. The van der Waals surface area contributed by atoms with Gasteiger partial charge in [0, 0.05) is 25.0 Å². The lowest BCUT2D eigenvalue weighted by Gasteiger charge is -2.30. The van der Waals surface area contributed by atoms with Gasteiger partial charge in [0.1, 0.15) is 5.65 Å². The number of imidazole rings is 1. The van der Waals surface area contributed by atoms with Crippen molar-refractivity contribution in [2.45, 2.75) is 39.2 Å². The molecule has 2 aromatic heterocycles. The van der Waals surface area contributed by atoms with Crippen molar-refractivity contribution < 1.29 is 9.90 Å². The number of hydrogen-bond donors (Lipinski definition) is 2. The first-order valence-electron chi connectivity index (χ1n) is 8.17. The van der Waals surface area contributed by atoms with Crippen LogP contribution in [0.4, 0.5) is 5.69 Å². The number of likely N-dealkylation sites (tertiary alicyclic amines) is 1. The molecule has 1 fully saturated rings.